The van der Waals surface area contributed by atoms with Crippen LogP contribution in [0.3, 0.4) is 0 Å². The molecule has 3 atom stereocenters. The van der Waals surface area contributed by atoms with Crippen LogP contribution in [0, 0.1) is 11.8 Å². The zero-order valence-electron chi connectivity index (χ0n) is 8.77. The van der Waals surface area contributed by atoms with Gasteiger partial charge in [0.2, 0.25) is 0 Å². The van der Waals surface area contributed by atoms with Crippen molar-refractivity contribution in [3.05, 3.63) is 12.2 Å². The van der Waals surface area contributed by atoms with Gasteiger partial charge in [-0.2, -0.15) is 0 Å². The van der Waals surface area contributed by atoms with Gasteiger partial charge in [-0.25, -0.2) is 0 Å². The number of methoxy groups -OCH3 is 2. The van der Waals surface area contributed by atoms with Gasteiger partial charge in [0.05, 0.1) is 0 Å². The predicted molar refractivity (Wildman–Crippen MR) is 52.7 cm³/mol. The van der Waals surface area contributed by atoms with E-state index in [2.05, 4.69) is 12.2 Å². The molecule has 3 nitrogen and oxygen atoms in total. The Morgan fingerprint density at radius 1 is 1.36 bits per heavy atom. The van der Waals surface area contributed by atoms with E-state index in [1.807, 2.05) is 0 Å². The number of ether oxygens (including phenoxy) is 2. The summed E-state index contributed by atoms with van der Waals surface area (Å²) < 4.78 is 10.7. The first-order valence-corrected chi connectivity index (χ1v) is 5.18. The van der Waals surface area contributed by atoms with Crippen LogP contribution in [0.1, 0.15) is 19.3 Å². The van der Waals surface area contributed by atoms with Crippen LogP contribution in [0.2, 0.25) is 0 Å². The molecule has 0 unspecified atom stereocenters. The van der Waals surface area contributed by atoms with Gasteiger partial charge in [-0.1, -0.05) is 12.2 Å². The molecule has 80 valence electrons. The average molecular weight is 198 g/mol. The third kappa shape index (κ3) is 1.31. The molecule has 1 saturated carbocycles. The third-order valence-corrected chi connectivity index (χ3v) is 3.71. The summed E-state index contributed by atoms with van der Waals surface area (Å²) in [6.45, 7) is 0. The van der Waals surface area contributed by atoms with Gasteiger partial charge in [0.25, 0.3) is 0 Å². The molecule has 0 aliphatic heterocycles. The van der Waals surface area contributed by atoms with Gasteiger partial charge < -0.3 is 14.6 Å². The monoisotopic (exact) mass is 198 g/mol. The summed E-state index contributed by atoms with van der Waals surface area (Å²) in [5.74, 6) is 0.0276. The molecule has 0 aromatic rings. The van der Waals surface area contributed by atoms with Crippen LogP contribution < -0.4 is 0 Å². The topological polar surface area (TPSA) is 38.7 Å². The van der Waals surface area contributed by atoms with Crippen molar-refractivity contribution in [3.63, 3.8) is 0 Å². The summed E-state index contributed by atoms with van der Waals surface area (Å²) in [7, 11) is 3.21. The molecule has 0 radical (unpaired) electrons. The molecule has 0 spiro atoms. The number of allylic oxidation sites excluding steroid dienone is 2. The Kier molecular flexibility index (Phi) is 2.64. The second-order valence-electron chi connectivity index (χ2n) is 4.20. The molecular weight excluding hydrogens is 180 g/mol. The lowest BCUT2D eigenvalue weighted by Crippen LogP contribution is -2.54. The Hall–Kier alpha value is -0.380. The molecule has 1 N–H and O–H groups in total. The average Bonchev–Trinajstić information content (AvgIpc) is 2.68. The fraction of sp³-hybridized carbons (Fsp3) is 0.818. The van der Waals surface area contributed by atoms with Crippen molar-refractivity contribution < 1.29 is 14.6 Å². The Labute approximate surface area is 84.7 Å². The highest BCUT2D eigenvalue weighted by Gasteiger charge is 2.49. The molecule has 2 rings (SSSR count). The lowest BCUT2D eigenvalue weighted by Gasteiger charge is -2.44. The third-order valence-electron chi connectivity index (χ3n) is 3.71. The molecule has 0 aromatic heterocycles. The van der Waals surface area contributed by atoms with Gasteiger partial charge >= 0.3 is 0 Å². The summed E-state index contributed by atoms with van der Waals surface area (Å²) >= 11 is 0. The van der Waals surface area contributed by atoms with E-state index in [4.69, 9.17) is 9.47 Å². The van der Waals surface area contributed by atoms with Crippen molar-refractivity contribution in [3.8, 4) is 0 Å². The molecule has 2 aliphatic rings. The molecule has 2 aliphatic carbocycles. The van der Waals surface area contributed by atoms with Gasteiger partial charge in [0.1, 0.15) is 6.10 Å². The van der Waals surface area contributed by atoms with Crippen molar-refractivity contribution in [1.29, 1.82) is 0 Å². The zero-order valence-corrected chi connectivity index (χ0v) is 8.77. The summed E-state index contributed by atoms with van der Waals surface area (Å²) in [5.41, 5.74) is 0. The lowest BCUT2D eigenvalue weighted by atomic mass is 9.75. The quantitative estimate of drug-likeness (QED) is 0.537. The molecule has 3 heteroatoms. The fourth-order valence-electron chi connectivity index (χ4n) is 2.77. The first-order valence-electron chi connectivity index (χ1n) is 5.18. The van der Waals surface area contributed by atoms with Gasteiger partial charge in [0, 0.05) is 20.6 Å². The van der Waals surface area contributed by atoms with Gasteiger partial charge in [-0.05, 0) is 24.7 Å². The summed E-state index contributed by atoms with van der Waals surface area (Å²) in [6.07, 6.45) is 6.61. The largest absolute Gasteiger partial charge is 0.387 e. The van der Waals surface area contributed by atoms with E-state index in [1.165, 1.54) is 0 Å². The maximum Gasteiger partial charge on any atom is 0.194 e. The normalized spacial score (nSPS) is 39.8. The smallest absolute Gasteiger partial charge is 0.194 e. The summed E-state index contributed by atoms with van der Waals surface area (Å²) in [4.78, 5) is 0. The highest BCUT2D eigenvalue weighted by Crippen LogP contribution is 2.44. The SMILES string of the molecule is COC1(OC)CC[C@@H]2C=CC[C@@H]2[C@H]1O. The minimum atomic E-state index is -0.771. The number of hydrogen-bond donors (Lipinski definition) is 1. The molecule has 14 heavy (non-hydrogen) atoms. The second-order valence-corrected chi connectivity index (χ2v) is 4.20. The minimum Gasteiger partial charge on any atom is -0.387 e. The minimum absolute atomic E-state index is 0.281. The first kappa shape index (κ1) is 10.1. The lowest BCUT2D eigenvalue weighted by molar-refractivity contribution is -0.288. The number of hydrogen-bond acceptors (Lipinski definition) is 3. The number of aliphatic hydroxyl groups excluding tert-OH is 1. The van der Waals surface area contributed by atoms with E-state index >= 15 is 0 Å². The standard InChI is InChI=1S/C11H18O3/c1-13-11(14-2)7-6-8-4-3-5-9(8)10(11)12/h3-4,8-10,12H,5-7H2,1-2H3/t8-,9-,10+/m0/s1. The van der Waals surface area contributed by atoms with E-state index in [9.17, 15) is 5.11 Å². The molecule has 0 saturated heterocycles. The Bertz CT molecular complexity index is 233. The molecule has 0 bridgehead atoms. The first-order chi connectivity index (χ1) is 6.73. The van der Waals surface area contributed by atoms with E-state index in [0.29, 0.717) is 5.92 Å². The van der Waals surface area contributed by atoms with Crippen LogP contribution in [-0.4, -0.2) is 31.2 Å². The van der Waals surface area contributed by atoms with E-state index in [1.54, 1.807) is 14.2 Å². The number of fused-ring (bicyclic) bond motifs is 1. The summed E-state index contributed by atoms with van der Waals surface area (Å²) in [5, 5.41) is 10.2. The Morgan fingerprint density at radius 3 is 2.71 bits per heavy atom. The van der Waals surface area contributed by atoms with Gasteiger partial charge in [-0.3, -0.25) is 0 Å². The molecular formula is C11H18O3. The van der Waals surface area contributed by atoms with Crippen LogP contribution in [0.5, 0.6) is 0 Å². The summed E-state index contributed by atoms with van der Waals surface area (Å²) in [6, 6.07) is 0. The zero-order chi connectivity index (χ0) is 10.2. The van der Waals surface area contributed by atoms with Crippen LogP contribution in [0.25, 0.3) is 0 Å². The van der Waals surface area contributed by atoms with Crippen LogP contribution in [0.4, 0.5) is 0 Å². The maximum absolute atomic E-state index is 10.2. The van der Waals surface area contributed by atoms with E-state index in [0.717, 1.165) is 19.3 Å². The highest BCUT2D eigenvalue weighted by molar-refractivity contribution is 5.08. The molecule has 1 fully saturated rings. The van der Waals surface area contributed by atoms with Crippen molar-refractivity contribution in [2.24, 2.45) is 11.8 Å². The van der Waals surface area contributed by atoms with Crippen LogP contribution in [0.15, 0.2) is 12.2 Å². The van der Waals surface area contributed by atoms with Crippen LogP contribution >= 0.6 is 0 Å². The van der Waals surface area contributed by atoms with Crippen molar-refractivity contribution >= 4 is 0 Å². The van der Waals surface area contributed by atoms with Crippen molar-refractivity contribution in [1.82, 2.24) is 0 Å². The Morgan fingerprint density at radius 2 is 2.07 bits per heavy atom. The Balaban J connectivity index is 2.17. The maximum atomic E-state index is 10.2. The van der Waals surface area contributed by atoms with Crippen LogP contribution in [-0.2, 0) is 9.47 Å². The van der Waals surface area contributed by atoms with Gasteiger partial charge in [-0.15, -0.1) is 0 Å². The fourth-order valence-corrected chi connectivity index (χ4v) is 2.77. The van der Waals surface area contributed by atoms with E-state index in [-0.39, 0.29) is 5.92 Å². The highest BCUT2D eigenvalue weighted by atomic mass is 16.7. The number of rotatable bonds is 2. The number of aliphatic hydroxyl groups is 1. The predicted octanol–water partition coefficient (Wildman–Crippen LogP) is 1.32. The van der Waals surface area contributed by atoms with Gasteiger partial charge in [0.15, 0.2) is 5.79 Å². The van der Waals surface area contributed by atoms with E-state index < -0.39 is 11.9 Å². The van der Waals surface area contributed by atoms with Crippen molar-refractivity contribution in [2.75, 3.05) is 14.2 Å². The second kappa shape index (κ2) is 3.65. The molecule has 0 amide bonds. The molecule has 0 aromatic carbocycles. The van der Waals surface area contributed by atoms with Crippen molar-refractivity contribution in [2.45, 2.75) is 31.2 Å². The molecule has 0 heterocycles.